The fourth-order valence-corrected chi connectivity index (χ4v) is 2.49. The number of imidazole rings is 1. The third kappa shape index (κ3) is 3.51. The normalized spacial score (nSPS) is 10.7. The number of ether oxygens (including phenoxy) is 1. The number of benzene rings is 2. The molecule has 0 aliphatic rings. The molecule has 0 bridgehead atoms. The summed E-state index contributed by atoms with van der Waals surface area (Å²) in [6.07, 6.45) is 0.779. The highest BCUT2D eigenvalue weighted by molar-refractivity contribution is 5.97. The molecule has 3 aromatic rings. The molecule has 0 aliphatic heterocycles. The molecule has 5 nitrogen and oxygen atoms in total. The van der Waals surface area contributed by atoms with Gasteiger partial charge in [-0.3, -0.25) is 4.79 Å². The van der Waals surface area contributed by atoms with Crippen molar-refractivity contribution in [1.29, 1.82) is 0 Å². The molecule has 1 amide bonds. The van der Waals surface area contributed by atoms with Gasteiger partial charge in [0.15, 0.2) is 0 Å². The predicted molar refractivity (Wildman–Crippen MR) is 89.9 cm³/mol. The van der Waals surface area contributed by atoms with Crippen molar-refractivity contribution in [2.45, 2.75) is 13.3 Å². The third-order valence-corrected chi connectivity index (χ3v) is 3.72. The van der Waals surface area contributed by atoms with E-state index in [4.69, 9.17) is 4.74 Å². The summed E-state index contributed by atoms with van der Waals surface area (Å²) < 4.78 is 5.13. The molecular weight excluding hydrogens is 290 g/mol. The van der Waals surface area contributed by atoms with E-state index in [1.54, 1.807) is 13.2 Å². The number of H-pyrrole nitrogens is 1. The van der Waals surface area contributed by atoms with Crippen LogP contribution in [0.5, 0.6) is 5.75 Å². The summed E-state index contributed by atoms with van der Waals surface area (Å²) in [6, 6.07) is 13.3. The number of aromatic amines is 1. The van der Waals surface area contributed by atoms with Gasteiger partial charge >= 0.3 is 0 Å². The van der Waals surface area contributed by atoms with Crippen LogP contribution in [0.2, 0.25) is 0 Å². The van der Waals surface area contributed by atoms with E-state index in [2.05, 4.69) is 15.3 Å². The SMILES string of the molecule is COc1ccc(CCNC(=O)c2ccc3nc(C)[nH]c3c2)cc1. The van der Waals surface area contributed by atoms with E-state index in [1.165, 1.54) is 0 Å². The first-order valence-corrected chi connectivity index (χ1v) is 7.53. The maximum Gasteiger partial charge on any atom is 0.251 e. The van der Waals surface area contributed by atoms with Gasteiger partial charge in [-0.15, -0.1) is 0 Å². The van der Waals surface area contributed by atoms with E-state index >= 15 is 0 Å². The molecular formula is C18H19N3O2. The first-order chi connectivity index (χ1) is 11.2. The molecule has 0 saturated heterocycles. The van der Waals surface area contributed by atoms with Crippen LogP contribution in [0.4, 0.5) is 0 Å². The Morgan fingerprint density at radius 1 is 1.22 bits per heavy atom. The zero-order chi connectivity index (χ0) is 16.2. The molecule has 1 heterocycles. The van der Waals surface area contributed by atoms with Gasteiger partial charge in [0.2, 0.25) is 0 Å². The number of methoxy groups -OCH3 is 1. The Bertz CT molecular complexity index is 822. The fourth-order valence-electron chi connectivity index (χ4n) is 2.49. The number of rotatable bonds is 5. The Morgan fingerprint density at radius 2 is 2.00 bits per heavy atom. The van der Waals surface area contributed by atoms with Crippen LogP contribution < -0.4 is 10.1 Å². The Balaban J connectivity index is 1.59. The number of aryl methyl sites for hydroxylation is 1. The zero-order valence-corrected chi connectivity index (χ0v) is 13.2. The second-order valence-corrected chi connectivity index (χ2v) is 5.41. The van der Waals surface area contributed by atoms with Crippen LogP contribution in [-0.2, 0) is 6.42 Å². The van der Waals surface area contributed by atoms with Crippen LogP contribution in [0.15, 0.2) is 42.5 Å². The average Bonchev–Trinajstić information content (AvgIpc) is 2.94. The molecule has 0 aliphatic carbocycles. The minimum Gasteiger partial charge on any atom is -0.497 e. The van der Waals surface area contributed by atoms with Crippen molar-refractivity contribution in [3.8, 4) is 5.75 Å². The smallest absolute Gasteiger partial charge is 0.251 e. The lowest BCUT2D eigenvalue weighted by Crippen LogP contribution is -2.25. The fraction of sp³-hybridized carbons (Fsp3) is 0.222. The van der Waals surface area contributed by atoms with E-state index in [0.717, 1.165) is 34.6 Å². The zero-order valence-electron chi connectivity index (χ0n) is 13.2. The molecule has 2 aromatic carbocycles. The van der Waals surface area contributed by atoms with Gasteiger partial charge in [0.1, 0.15) is 11.6 Å². The van der Waals surface area contributed by atoms with Crippen molar-refractivity contribution in [3.63, 3.8) is 0 Å². The lowest BCUT2D eigenvalue weighted by Gasteiger charge is -2.06. The van der Waals surface area contributed by atoms with E-state index in [1.807, 2.05) is 43.3 Å². The summed E-state index contributed by atoms with van der Waals surface area (Å²) in [5, 5.41) is 2.94. The molecule has 0 unspecified atom stereocenters. The first-order valence-electron chi connectivity index (χ1n) is 7.53. The summed E-state index contributed by atoms with van der Waals surface area (Å²) in [7, 11) is 1.65. The lowest BCUT2D eigenvalue weighted by molar-refractivity contribution is 0.0954. The van der Waals surface area contributed by atoms with E-state index in [-0.39, 0.29) is 5.91 Å². The molecule has 0 fully saturated rings. The summed E-state index contributed by atoms with van der Waals surface area (Å²) >= 11 is 0. The summed E-state index contributed by atoms with van der Waals surface area (Å²) in [5.74, 6) is 1.60. The maximum absolute atomic E-state index is 12.2. The van der Waals surface area contributed by atoms with Gasteiger partial charge in [0.25, 0.3) is 5.91 Å². The third-order valence-electron chi connectivity index (χ3n) is 3.72. The van der Waals surface area contributed by atoms with Gasteiger partial charge < -0.3 is 15.0 Å². The second kappa shape index (κ2) is 6.52. The lowest BCUT2D eigenvalue weighted by atomic mass is 10.1. The van der Waals surface area contributed by atoms with Gasteiger partial charge in [-0.25, -0.2) is 4.98 Å². The van der Waals surface area contributed by atoms with Crippen molar-refractivity contribution in [1.82, 2.24) is 15.3 Å². The predicted octanol–water partition coefficient (Wildman–Crippen LogP) is 2.85. The highest BCUT2D eigenvalue weighted by Gasteiger charge is 2.07. The summed E-state index contributed by atoms with van der Waals surface area (Å²) in [6.45, 7) is 2.49. The molecule has 0 atom stereocenters. The van der Waals surface area contributed by atoms with Crippen LogP contribution in [0.1, 0.15) is 21.7 Å². The molecule has 0 spiro atoms. The Labute approximate surface area is 134 Å². The topological polar surface area (TPSA) is 67.0 Å². The van der Waals surface area contributed by atoms with Gasteiger partial charge in [0, 0.05) is 12.1 Å². The minimum absolute atomic E-state index is 0.0762. The Morgan fingerprint density at radius 3 is 2.74 bits per heavy atom. The minimum atomic E-state index is -0.0762. The number of aromatic nitrogens is 2. The first kappa shape index (κ1) is 15.1. The highest BCUT2D eigenvalue weighted by Crippen LogP contribution is 2.14. The molecule has 5 heteroatoms. The van der Waals surface area contributed by atoms with Crippen molar-refractivity contribution in [3.05, 3.63) is 59.4 Å². The van der Waals surface area contributed by atoms with Crippen molar-refractivity contribution in [2.24, 2.45) is 0 Å². The van der Waals surface area contributed by atoms with Crippen LogP contribution in [0.25, 0.3) is 11.0 Å². The van der Waals surface area contributed by atoms with Crippen molar-refractivity contribution < 1.29 is 9.53 Å². The maximum atomic E-state index is 12.2. The van der Waals surface area contributed by atoms with Crippen molar-refractivity contribution in [2.75, 3.05) is 13.7 Å². The van der Waals surface area contributed by atoms with Gasteiger partial charge in [-0.1, -0.05) is 12.1 Å². The Hall–Kier alpha value is -2.82. The molecule has 118 valence electrons. The van der Waals surface area contributed by atoms with Gasteiger partial charge in [0.05, 0.1) is 18.1 Å². The monoisotopic (exact) mass is 309 g/mol. The standard InChI is InChI=1S/C18H19N3O2/c1-12-20-16-8-5-14(11-17(16)21-12)18(22)19-10-9-13-3-6-15(23-2)7-4-13/h3-8,11H,9-10H2,1-2H3,(H,19,22)(H,20,21). The largest absolute Gasteiger partial charge is 0.497 e. The number of fused-ring (bicyclic) bond motifs is 1. The molecule has 2 N–H and O–H groups in total. The summed E-state index contributed by atoms with van der Waals surface area (Å²) in [4.78, 5) is 19.7. The number of hydrogen-bond acceptors (Lipinski definition) is 3. The number of nitrogens with one attached hydrogen (secondary N) is 2. The number of carbonyl (C=O) groups is 1. The Kier molecular flexibility index (Phi) is 4.28. The van der Waals surface area contributed by atoms with E-state index < -0.39 is 0 Å². The van der Waals surface area contributed by atoms with Crippen LogP contribution in [0, 0.1) is 6.92 Å². The van der Waals surface area contributed by atoms with E-state index in [0.29, 0.717) is 12.1 Å². The number of nitrogens with zero attached hydrogens (tertiary/aromatic N) is 1. The van der Waals surface area contributed by atoms with Gasteiger partial charge in [-0.2, -0.15) is 0 Å². The molecule has 1 aromatic heterocycles. The second-order valence-electron chi connectivity index (χ2n) is 5.41. The van der Waals surface area contributed by atoms with Crippen LogP contribution >= 0.6 is 0 Å². The number of carbonyl (C=O) groups excluding carboxylic acids is 1. The van der Waals surface area contributed by atoms with Crippen molar-refractivity contribution >= 4 is 16.9 Å². The molecule has 0 saturated carbocycles. The number of hydrogen-bond donors (Lipinski definition) is 2. The molecule has 3 rings (SSSR count). The highest BCUT2D eigenvalue weighted by atomic mass is 16.5. The average molecular weight is 309 g/mol. The number of amides is 1. The molecule has 0 radical (unpaired) electrons. The molecule has 23 heavy (non-hydrogen) atoms. The quantitative estimate of drug-likeness (QED) is 0.761. The van der Waals surface area contributed by atoms with Crippen LogP contribution in [-0.4, -0.2) is 29.5 Å². The van der Waals surface area contributed by atoms with Crippen LogP contribution in [0.3, 0.4) is 0 Å². The summed E-state index contributed by atoms with van der Waals surface area (Å²) in [5.41, 5.74) is 3.55. The van der Waals surface area contributed by atoms with Gasteiger partial charge in [-0.05, 0) is 49.2 Å². The van der Waals surface area contributed by atoms with E-state index in [9.17, 15) is 4.79 Å².